The van der Waals surface area contributed by atoms with Gasteiger partial charge in [-0.15, -0.1) is 0 Å². The fourth-order valence-electron chi connectivity index (χ4n) is 3.90. The number of benzene rings is 1. The van der Waals surface area contributed by atoms with Gasteiger partial charge >= 0.3 is 12.6 Å². The summed E-state index contributed by atoms with van der Waals surface area (Å²) in [5.74, 6) is -0.366. The van der Waals surface area contributed by atoms with Crippen LogP contribution in [-0.4, -0.2) is 50.5 Å². The van der Waals surface area contributed by atoms with E-state index in [1.807, 2.05) is 0 Å². The highest BCUT2D eigenvalue weighted by Crippen LogP contribution is 2.29. The summed E-state index contributed by atoms with van der Waals surface area (Å²) in [6.07, 6.45) is 6.34. The van der Waals surface area contributed by atoms with Crippen LogP contribution in [0, 0.1) is 0 Å². The first kappa shape index (κ1) is 21.8. The second-order valence-electron chi connectivity index (χ2n) is 7.46. The Hall–Kier alpha value is -1.94. The maximum Gasteiger partial charge on any atom is 0.387 e. The zero-order valence-electron chi connectivity index (χ0n) is 16.1. The number of piperidine rings is 1. The molecule has 0 radical (unpaired) electrons. The number of ether oxygens (including phenoxy) is 1. The number of nitrogens with one attached hydrogen (secondary N) is 2. The van der Waals surface area contributed by atoms with E-state index < -0.39 is 16.6 Å². The molecule has 1 aliphatic heterocycles. The van der Waals surface area contributed by atoms with Crippen LogP contribution >= 0.6 is 0 Å². The largest absolute Gasteiger partial charge is 0.433 e. The van der Waals surface area contributed by atoms with Crippen molar-refractivity contribution in [2.24, 2.45) is 0 Å². The molecular formula is C19H27F2N3O4S. The minimum absolute atomic E-state index is 0.127. The maximum absolute atomic E-state index is 12.9. The Labute approximate surface area is 169 Å². The van der Waals surface area contributed by atoms with Crippen LogP contribution in [-0.2, 0) is 10.0 Å². The third-order valence-corrected chi connectivity index (χ3v) is 7.35. The number of amides is 2. The van der Waals surface area contributed by atoms with E-state index in [9.17, 15) is 22.0 Å². The van der Waals surface area contributed by atoms with Gasteiger partial charge in [0.2, 0.25) is 10.0 Å². The molecule has 10 heteroatoms. The third-order valence-electron chi connectivity index (χ3n) is 5.41. The number of halogens is 2. The first-order valence-electron chi connectivity index (χ1n) is 9.97. The number of rotatable bonds is 6. The van der Waals surface area contributed by atoms with Crippen molar-refractivity contribution in [3.8, 4) is 5.75 Å². The Morgan fingerprint density at radius 3 is 2.21 bits per heavy atom. The normalized spacial score (nSPS) is 19.8. The fourth-order valence-corrected chi connectivity index (χ4v) is 5.49. The number of hydrogen-bond donors (Lipinski definition) is 2. The van der Waals surface area contributed by atoms with Gasteiger partial charge < -0.3 is 15.4 Å². The number of carbonyl (C=O) groups excluding carboxylic acids is 1. The van der Waals surface area contributed by atoms with E-state index in [1.54, 1.807) is 0 Å². The summed E-state index contributed by atoms with van der Waals surface area (Å²) in [6, 6.07) is 5.24. The van der Waals surface area contributed by atoms with E-state index in [2.05, 4.69) is 15.4 Å². The summed E-state index contributed by atoms with van der Waals surface area (Å²) >= 11 is 0. The van der Waals surface area contributed by atoms with Crippen molar-refractivity contribution in [1.82, 2.24) is 14.9 Å². The minimum Gasteiger partial charge on any atom is -0.433 e. The number of nitrogens with zero attached hydrogens (tertiary/aromatic N) is 1. The van der Waals surface area contributed by atoms with Gasteiger partial charge in [-0.1, -0.05) is 31.4 Å². The summed E-state index contributed by atoms with van der Waals surface area (Å²) in [5.41, 5.74) is 0. The molecule has 0 bridgehead atoms. The average molecular weight is 432 g/mol. The molecule has 3 rings (SSSR count). The van der Waals surface area contributed by atoms with Crippen LogP contribution in [0.4, 0.5) is 13.6 Å². The highest BCUT2D eigenvalue weighted by molar-refractivity contribution is 7.89. The Kier molecular flexibility index (Phi) is 7.28. The monoisotopic (exact) mass is 431 g/mol. The van der Waals surface area contributed by atoms with Gasteiger partial charge in [-0.25, -0.2) is 13.2 Å². The zero-order valence-corrected chi connectivity index (χ0v) is 17.0. The van der Waals surface area contributed by atoms with Gasteiger partial charge in [0.1, 0.15) is 10.6 Å². The number of hydrogen-bond acceptors (Lipinski definition) is 4. The topological polar surface area (TPSA) is 87.7 Å². The van der Waals surface area contributed by atoms with Crippen LogP contribution in [0.3, 0.4) is 0 Å². The van der Waals surface area contributed by atoms with Crippen molar-refractivity contribution < 1.29 is 26.7 Å². The summed E-state index contributed by atoms with van der Waals surface area (Å²) in [5, 5.41) is 5.91. The highest BCUT2D eigenvalue weighted by Gasteiger charge is 2.32. The van der Waals surface area contributed by atoms with Crippen LogP contribution in [0.25, 0.3) is 0 Å². The Morgan fingerprint density at radius 1 is 1.00 bits per heavy atom. The zero-order chi connectivity index (χ0) is 20.9. The van der Waals surface area contributed by atoms with Crippen molar-refractivity contribution in [2.75, 3.05) is 13.1 Å². The molecular weight excluding hydrogens is 404 g/mol. The number of para-hydroxylation sites is 1. The summed E-state index contributed by atoms with van der Waals surface area (Å²) in [4.78, 5) is 11.9. The van der Waals surface area contributed by atoms with Crippen LogP contribution < -0.4 is 15.4 Å². The maximum atomic E-state index is 12.9. The van der Waals surface area contributed by atoms with Crippen LogP contribution in [0.5, 0.6) is 5.75 Å². The quantitative estimate of drug-likeness (QED) is 0.725. The van der Waals surface area contributed by atoms with Crippen molar-refractivity contribution in [2.45, 2.75) is 68.5 Å². The summed E-state index contributed by atoms with van der Waals surface area (Å²) in [6.45, 7) is -2.72. The summed E-state index contributed by atoms with van der Waals surface area (Å²) < 4.78 is 56.6. The number of urea groups is 1. The van der Waals surface area contributed by atoms with Crippen LogP contribution in [0.1, 0.15) is 44.9 Å². The van der Waals surface area contributed by atoms with E-state index in [0.717, 1.165) is 25.7 Å². The van der Waals surface area contributed by atoms with E-state index in [1.165, 1.54) is 35.0 Å². The van der Waals surface area contributed by atoms with Gasteiger partial charge in [-0.3, -0.25) is 0 Å². The molecule has 1 aliphatic carbocycles. The van der Waals surface area contributed by atoms with Gasteiger partial charge in [0, 0.05) is 25.2 Å². The van der Waals surface area contributed by atoms with E-state index in [4.69, 9.17) is 0 Å². The molecule has 1 saturated carbocycles. The molecule has 29 heavy (non-hydrogen) atoms. The molecule has 1 aromatic carbocycles. The van der Waals surface area contributed by atoms with Gasteiger partial charge in [0.05, 0.1) is 0 Å². The lowest BCUT2D eigenvalue weighted by atomic mass is 9.96. The third kappa shape index (κ3) is 5.79. The predicted octanol–water partition coefficient (Wildman–Crippen LogP) is 3.07. The highest BCUT2D eigenvalue weighted by atomic mass is 32.2. The van der Waals surface area contributed by atoms with Gasteiger partial charge in [-0.05, 0) is 37.8 Å². The summed E-state index contributed by atoms with van der Waals surface area (Å²) in [7, 11) is -3.97. The molecule has 1 aromatic rings. The van der Waals surface area contributed by atoms with Crippen molar-refractivity contribution in [1.29, 1.82) is 0 Å². The molecule has 0 unspecified atom stereocenters. The number of carbonyl (C=O) groups is 1. The molecule has 1 saturated heterocycles. The minimum atomic E-state index is -3.97. The first-order valence-corrected chi connectivity index (χ1v) is 11.4. The standard InChI is InChI=1S/C19H27F2N3O4S/c20-18(21)28-16-8-4-5-9-17(16)29(26,27)24-12-10-15(11-13-24)23-19(25)22-14-6-2-1-3-7-14/h4-5,8-9,14-15,18H,1-3,6-7,10-13H2,(H2,22,23,25). The first-order chi connectivity index (χ1) is 13.9. The lowest BCUT2D eigenvalue weighted by Gasteiger charge is -2.32. The number of sulfonamides is 1. The fraction of sp³-hybridized carbons (Fsp3) is 0.632. The lowest BCUT2D eigenvalue weighted by molar-refractivity contribution is -0.0518. The van der Waals surface area contributed by atoms with Crippen molar-refractivity contribution in [3.63, 3.8) is 0 Å². The molecule has 0 spiro atoms. The smallest absolute Gasteiger partial charge is 0.387 e. The van der Waals surface area contributed by atoms with Gasteiger partial charge in [0.15, 0.2) is 0 Å². The molecule has 2 amide bonds. The van der Waals surface area contributed by atoms with Gasteiger partial charge in [-0.2, -0.15) is 13.1 Å². The molecule has 0 aromatic heterocycles. The van der Waals surface area contributed by atoms with Crippen molar-refractivity contribution >= 4 is 16.1 Å². The molecule has 2 N–H and O–H groups in total. The van der Waals surface area contributed by atoms with Crippen LogP contribution in [0.15, 0.2) is 29.2 Å². The van der Waals surface area contributed by atoms with Crippen LogP contribution in [0.2, 0.25) is 0 Å². The van der Waals surface area contributed by atoms with E-state index >= 15 is 0 Å². The molecule has 2 aliphatic rings. The van der Waals surface area contributed by atoms with E-state index in [-0.39, 0.29) is 41.8 Å². The van der Waals surface area contributed by atoms with Gasteiger partial charge in [0.25, 0.3) is 0 Å². The Morgan fingerprint density at radius 2 is 1.59 bits per heavy atom. The van der Waals surface area contributed by atoms with Crippen molar-refractivity contribution in [3.05, 3.63) is 24.3 Å². The Bertz CT molecular complexity index is 792. The lowest BCUT2D eigenvalue weighted by Crippen LogP contribution is -2.51. The average Bonchev–Trinajstić information content (AvgIpc) is 2.69. The SMILES string of the molecule is O=C(NC1CCCCC1)NC1CCN(S(=O)(=O)c2ccccc2OC(F)F)CC1. The van der Waals surface area contributed by atoms with E-state index in [0.29, 0.717) is 12.8 Å². The molecule has 0 atom stereocenters. The molecule has 1 heterocycles. The number of alkyl halides is 2. The molecule has 7 nitrogen and oxygen atoms in total. The molecule has 2 fully saturated rings. The Balaban J connectivity index is 1.55. The molecule has 162 valence electrons. The second kappa shape index (κ2) is 9.71. The predicted molar refractivity (Wildman–Crippen MR) is 103 cm³/mol. The second-order valence-corrected chi connectivity index (χ2v) is 9.36.